The third kappa shape index (κ3) is 5.54. The third-order valence-electron chi connectivity index (χ3n) is 4.30. The molecule has 0 spiro atoms. The Bertz CT molecular complexity index is 950. The van der Waals surface area contributed by atoms with Gasteiger partial charge in [0.1, 0.15) is 11.3 Å². The molecule has 2 rings (SSSR count). The summed E-state index contributed by atoms with van der Waals surface area (Å²) in [5.41, 5.74) is -2.64. The maximum absolute atomic E-state index is 12.2. The van der Waals surface area contributed by atoms with Crippen LogP contribution in [-0.4, -0.2) is 58.5 Å². The monoisotopic (exact) mass is 446 g/mol. The van der Waals surface area contributed by atoms with Crippen LogP contribution in [0, 0.1) is 20.2 Å². The molecule has 1 saturated heterocycles. The molecule has 1 aromatic rings. The number of piperidine rings is 1. The Morgan fingerprint density at radius 1 is 1.20 bits per heavy atom. The molecule has 0 radical (unpaired) electrons. The highest BCUT2D eigenvalue weighted by Crippen LogP contribution is 2.36. The molecule has 0 bridgehead atoms. The van der Waals surface area contributed by atoms with E-state index in [2.05, 4.69) is 0 Å². The molecule has 1 aromatic carbocycles. The smallest absolute Gasteiger partial charge is 0.410 e. The quantitative estimate of drug-likeness (QED) is 0.405. The van der Waals surface area contributed by atoms with Gasteiger partial charge in [0.15, 0.2) is 0 Å². The van der Waals surface area contributed by atoms with Crippen LogP contribution in [0.25, 0.3) is 0 Å². The number of amides is 1. The van der Waals surface area contributed by atoms with Gasteiger partial charge in [-0.1, -0.05) is 0 Å². The molecule has 0 saturated carbocycles. The van der Waals surface area contributed by atoms with Crippen LogP contribution < -0.4 is 4.31 Å². The first-order chi connectivity index (χ1) is 13.7. The van der Waals surface area contributed by atoms with Crippen LogP contribution in [0.5, 0.6) is 0 Å². The topological polar surface area (TPSA) is 173 Å². The van der Waals surface area contributed by atoms with E-state index in [0.29, 0.717) is 10.4 Å². The van der Waals surface area contributed by atoms with Crippen molar-refractivity contribution in [3.05, 3.63) is 38.4 Å². The van der Waals surface area contributed by atoms with Gasteiger partial charge < -0.3 is 9.64 Å². The molecule has 0 unspecified atom stereocenters. The number of rotatable bonds is 5. The number of likely N-dealkylation sites (tertiary alicyclic amines) is 1. The predicted octanol–water partition coefficient (Wildman–Crippen LogP) is 2.51. The molecular formula is C16H22N4O9S. The highest BCUT2D eigenvalue weighted by atomic mass is 32.2. The van der Waals surface area contributed by atoms with Crippen molar-refractivity contribution >= 4 is 33.5 Å². The van der Waals surface area contributed by atoms with Gasteiger partial charge in [0.25, 0.3) is 11.4 Å². The van der Waals surface area contributed by atoms with Gasteiger partial charge >= 0.3 is 16.4 Å². The maximum Gasteiger partial charge on any atom is 0.410 e. The van der Waals surface area contributed by atoms with E-state index in [1.165, 1.54) is 4.90 Å². The molecule has 1 fully saturated rings. The van der Waals surface area contributed by atoms with E-state index in [1.807, 2.05) is 0 Å². The molecule has 1 amide bonds. The molecule has 0 atom stereocenters. The van der Waals surface area contributed by atoms with Crippen molar-refractivity contribution in [1.82, 2.24) is 4.90 Å². The number of hydrogen-bond donors (Lipinski definition) is 1. The number of nitro groups is 2. The minimum absolute atomic E-state index is 0.0627. The molecule has 0 aromatic heterocycles. The normalized spacial score (nSPS) is 15.5. The molecule has 14 heteroatoms. The van der Waals surface area contributed by atoms with Gasteiger partial charge in [-0.3, -0.25) is 24.8 Å². The Balaban J connectivity index is 2.33. The number of non-ortho nitro benzene ring substituents is 1. The third-order valence-corrected chi connectivity index (χ3v) is 5.29. The number of hydrogen-bond acceptors (Lipinski definition) is 8. The van der Waals surface area contributed by atoms with Crippen LogP contribution in [0.3, 0.4) is 0 Å². The first kappa shape index (κ1) is 23.3. The Hall–Kier alpha value is -3.00. The molecule has 13 nitrogen and oxygen atoms in total. The zero-order valence-electron chi connectivity index (χ0n) is 16.5. The number of nitrogens with zero attached hydrogens (tertiary/aromatic N) is 4. The molecule has 1 aliphatic heterocycles. The fraction of sp³-hybridized carbons (Fsp3) is 0.562. The highest BCUT2D eigenvalue weighted by Gasteiger charge is 2.38. The lowest BCUT2D eigenvalue weighted by Gasteiger charge is -2.37. The SMILES string of the molecule is CC(C)(C)OC(=O)N1CCC(N(c2ccc([N+](=O)[O-])cc2[N+](=O)[O-])S(=O)(=O)O)CC1. The summed E-state index contributed by atoms with van der Waals surface area (Å²) in [5, 5.41) is 22.3. The van der Waals surface area contributed by atoms with E-state index >= 15 is 0 Å². The van der Waals surface area contributed by atoms with Crippen molar-refractivity contribution in [1.29, 1.82) is 0 Å². The van der Waals surface area contributed by atoms with Crippen molar-refractivity contribution in [3.63, 3.8) is 0 Å². The van der Waals surface area contributed by atoms with Crippen molar-refractivity contribution in [3.8, 4) is 0 Å². The summed E-state index contributed by atoms with van der Waals surface area (Å²) in [6.07, 6.45) is -0.457. The van der Waals surface area contributed by atoms with E-state index < -0.39 is 54.9 Å². The molecule has 166 valence electrons. The number of nitro benzene ring substituents is 2. The summed E-state index contributed by atoms with van der Waals surface area (Å²) >= 11 is 0. The summed E-state index contributed by atoms with van der Waals surface area (Å²) in [5.74, 6) is 0. The second-order valence-electron chi connectivity index (χ2n) is 7.66. The number of benzene rings is 1. The van der Waals surface area contributed by atoms with E-state index in [4.69, 9.17) is 4.74 Å². The molecular weight excluding hydrogens is 424 g/mol. The van der Waals surface area contributed by atoms with Gasteiger partial charge in [-0.25, -0.2) is 9.10 Å². The zero-order chi connectivity index (χ0) is 22.9. The van der Waals surface area contributed by atoms with Crippen LogP contribution in [0.4, 0.5) is 21.9 Å². The van der Waals surface area contributed by atoms with E-state index in [-0.39, 0.29) is 25.9 Å². The standard InChI is InChI=1S/C16H22N4O9S/c1-16(2,3)29-15(21)17-8-6-11(7-9-17)18(30(26,27)28)13-5-4-12(19(22)23)10-14(13)20(24)25/h4-5,10-11H,6-9H2,1-3H3,(H,26,27,28). The Labute approximate surface area is 172 Å². The number of carbonyl (C=O) groups is 1. The van der Waals surface area contributed by atoms with Gasteiger partial charge in [-0.15, -0.1) is 0 Å². The van der Waals surface area contributed by atoms with Gasteiger partial charge in [-0.05, 0) is 39.7 Å². The van der Waals surface area contributed by atoms with Crippen LogP contribution in [0.1, 0.15) is 33.6 Å². The average Bonchev–Trinajstić information content (AvgIpc) is 2.59. The maximum atomic E-state index is 12.2. The van der Waals surface area contributed by atoms with Gasteiger partial charge in [0, 0.05) is 19.2 Å². The van der Waals surface area contributed by atoms with Crippen molar-refractivity contribution < 1.29 is 32.3 Å². The average molecular weight is 446 g/mol. The minimum Gasteiger partial charge on any atom is -0.444 e. The zero-order valence-corrected chi connectivity index (χ0v) is 17.4. The Morgan fingerprint density at radius 2 is 1.77 bits per heavy atom. The largest absolute Gasteiger partial charge is 0.444 e. The van der Waals surface area contributed by atoms with Crippen molar-refractivity contribution in [2.75, 3.05) is 17.4 Å². The first-order valence-electron chi connectivity index (χ1n) is 8.88. The minimum atomic E-state index is -4.95. The molecule has 1 N–H and O–H groups in total. The van der Waals surface area contributed by atoms with Crippen LogP contribution in [0.2, 0.25) is 0 Å². The van der Waals surface area contributed by atoms with Crippen LogP contribution in [-0.2, 0) is 15.0 Å². The van der Waals surface area contributed by atoms with Crippen molar-refractivity contribution in [2.45, 2.75) is 45.3 Å². The predicted molar refractivity (Wildman–Crippen MR) is 105 cm³/mol. The van der Waals surface area contributed by atoms with Gasteiger partial charge in [-0.2, -0.15) is 8.42 Å². The van der Waals surface area contributed by atoms with Crippen molar-refractivity contribution in [2.24, 2.45) is 0 Å². The number of carbonyl (C=O) groups excluding carboxylic acids is 1. The first-order valence-corrected chi connectivity index (χ1v) is 10.3. The Kier molecular flexibility index (Phi) is 6.51. The fourth-order valence-corrected chi connectivity index (χ4v) is 4.07. The second kappa shape index (κ2) is 8.39. The highest BCUT2D eigenvalue weighted by molar-refractivity contribution is 7.87. The molecule has 30 heavy (non-hydrogen) atoms. The second-order valence-corrected chi connectivity index (χ2v) is 8.95. The lowest BCUT2D eigenvalue weighted by molar-refractivity contribution is -0.393. The van der Waals surface area contributed by atoms with Crippen LogP contribution in [0.15, 0.2) is 18.2 Å². The summed E-state index contributed by atoms with van der Waals surface area (Å²) in [7, 11) is -4.95. The van der Waals surface area contributed by atoms with Gasteiger partial charge in [0.05, 0.1) is 22.0 Å². The summed E-state index contributed by atoms with van der Waals surface area (Å²) < 4.78 is 39.6. The number of ether oxygens (including phenoxy) is 1. The summed E-state index contributed by atoms with van der Waals surface area (Å²) in [4.78, 5) is 34.0. The number of anilines is 1. The lowest BCUT2D eigenvalue weighted by atomic mass is 10.0. The lowest BCUT2D eigenvalue weighted by Crippen LogP contribution is -2.49. The molecule has 0 aliphatic carbocycles. The Morgan fingerprint density at radius 3 is 2.20 bits per heavy atom. The van der Waals surface area contributed by atoms with Crippen LogP contribution >= 0.6 is 0 Å². The van der Waals surface area contributed by atoms with E-state index in [1.54, 1.807) is 20.8 Å². The summed E-state index contributed by atoms with van der Waals surface area (Å²) in [6, 6.07) is 1.54. The van der Waals surface area contributed by atoms with E-state index in [9.17, 15) is 38.0 Å². The van der Waals surface area contributed by atoms with E-state index in [0.717, 1.165) is 12.1 Å². The summed E-state index contributed by atoms with van der Waals surface area (Å²) in [6.45, 7) is 5.28. The molecule has 1 aliphatic rings. The fourth-order valence-electron chi connectivity index (χ4n) is 3.08. The van der Waals surface area contributed by atoms with Gasteiger partial charge in [0.2, 0.25) is 0 Å². The molecule has 1 heterocycles.